The second kappa shape index (κ2) is 4.54. The van der Waals surface area contributed by atoms with E-state index >= 15 is 0 Å². The Bertz CT molecular complexity index is 526. The molecule has 106 valence electrons. The van der Waals surface area contributed by atoms with E-state index in [1.807, 2.05) is 0 Å². The highest BCUT2D eigenvalue weighted by molar-refractivity contribution is 6.08. The van der Waals surface area contributed by atoms with Gasteiger partial charge >= 0.3 is 0 Å². The van der Waals surface area contributed by atoms with Crippen LogP contribution in [0.4, 0.5) is 0 Å². The smallest absolute Gasteiger partial charge is 0.119 e. The Balaban J connectivity index is 1.86. The predicted octanol–water partition coefficient (Wildman–Crippen LogP) is 3.37. The van der Waals surface area contributed by atoms with Gasteiger partial charge in [-0.05, 0) is 72.1 Å². The maximum atomic E-state index is 5.52. The molecule has 4 rings (SSSR count). The van der Waals surface area contributed by atoms with Gasteiger partial charge in [-0.15, -0.1) is 0 Å². The molecule has 20 heavy (non-hydrogen) atoms. The van der Waals surface area contributed by atoms with Crippen LogP contribution in [0.3, 0.4) is 0 Å². The van der Waals surface area contributed by atoms with Crippen LogP contribution in [0.15, 0.2) is 18.2 Å². The number of ether oxygens (including phenoxy) is 1. The van der Waals surface area contributed by atoms with Crippen molar-refractivity contribution in [2.24, 2.45) is 17.8 Å². The van der Waals surface area contributed by atoms with Gasteiger partial charge in [-0.3, -0.25) is 0 Å². The topological polar surface area (TPSA) is 9.23 Å². The molecule has 2 saturated carbocycles. The summed E-state index contributed by atoms with van der Waals surface area (Å²) in [5.41, 5.74) is 3.80. The predicted molar refractivity (Wildman–Crippen MR) is 85.3 cm³/mol. The van der Waals surface area contributed by atoms with E-state index in [0.29, 0.717) is 5.41 Å². The summed E-state index contributed by atoms with van der Waals surface area (Å²) in [6, 6.07) is 6.90. The fourth-order valence-electron chi connectivity index (χ4n) is 5.98. The Labute approximate surface area is 123 Å². The largest absolute Gasteiger partial charge is 0.497 e. The normalized spacial score (nSPS) is 38.1. The molecule has 0 radical (unpaired) electrons. The average molecular weight is 268 g/mol. The molecule has 0 heterocycles. The van der Waals surface area contributed by atoms with E-state index in [2.05, 4.69) is 26.0 Å². The van der Waals surface area contributed by atoms with Crippen LogP contribution in [0.2, 0.25) is 6.32 Å². The first kappa shape index (κ1) is 12.8. The van der Waals surface area contributed by atoms with Gasteiger partial charge in [-0.2, -0.15) is 0 Å². The van der Waals surface area contributed by atoms with Crippen LogP contribution < -0.4 is 4.74 Å². The van der Waals surface area contributed by atoms with Crippen molar-refractivity contribution in [2.45, 2.75) is 50.3 Å². The van der Waals surface area contributed by atoms with E-state index in [-0.39, 0.29) is 0 Å². The zero-order valence-electron chi connectivity index (χ0n) is 12.8. The first-order valence-corrected chi connectivity index (χ1v) is 8.46. The van der Waals surface area contributed by atoms with Crippen LogP contribution in [0, 0.1) is 17.8 Å². The van der Waals surface area contributed by atoms with Gasteiger partial charge in [0.05, 0.1) is 7.11 Å². The summed E-state index contributed by atoms with van der Waals surface area (Å²) in [6.07, 6.45) is 9.91. The van der Waals surface area contributed by atoms with Gasteiger partial charge in [0.2, 0.25) is 0 Å². The molecule has 0 saturated heterocycles. The van der Waals surface area contributed by atoms with Crippen LogP contribution in [0.1, 0.15) is 43.2 Å². The van der Waals surface area contributed by atoms with Crippen molar-refractivity contribution >= 4 is 7.85 Å². The highest BCUT2D eigenvalue weighted by Gasteiger charge is 2.56. The maximum absolute atomic E-state index is 5.52. The molecule has 3 aliphatic rings. The zero-order valence-corrected chi connectivity index (χ0v) is 12.8. The van der Waals surface area contributed by atoms with Gasteiger partial charge in [0, 0.05) is 0 Å². The summed E-state index contributed by atoms with van der Waals surface area (Å²) in [6.45, 7) is 0. The minimum absolute atomic E-state index is 0.506. The van der Waals surface area contributed by atoms with E-state index < -0.39 is 0 Å². The molecule has 0 aromatic heterocycles. The molecule has 3 aliphatic carbocycles. The molecule has 1 aromatic rings. The summed E-state index contributed by atoms with van der Waals surface area (Å²) in [4.78, 5) is 0. The first-order valence-electron chi connectivity index (χ1n) is 8.46. The lowest BCUT2D eigenvalue weighted by Gasteiger charge is -2.43. The van der Waals surface area contributed by atoms with E-state index in [1.54, 1.807) is 18.2 Å². The molecular formula is C18H25BO. The van der Waals surface area contributed by atoms with Crippen molar-refractivity contribution in [1.29, 1.82) is 0 Å². The van der Waals surface area contributed by atoms with Gasteiger partial charge in [-0.1, -0.05) is 25.2 Å². The number of methoxy groups -OCH3 is 1. The summed E-state index contributed by atoms with van der Waals surface area (Å²) in [5, 5.41) is 0. The maximum Gasteiger partial charge on any atom is 0.119 e. The van der Waals surface area contributed by atoms with Gasteiger partial charge in [-0.25, -0.2) is 0 Å². The van der Waals surface area contributed by atoms with Gasteiger partial charge < -0.3 is 4.74 Å². The summed E-state index contributed by atoms with van der Waals surface area (Å²) in [7, 11) is 4.21. The lowest BCUT2D eigenvalue weighted by atomic mass is 9.60. The highest BCUT2D eigenvalue weighted by atomic mass is 16.5. The van der Waals surface area contributed by atoms with Crippen molar-refractivity contribution in [2.75, 3.05) is 7.11 Å². The molecule has 0 aliphatic heterocycles. The lowest BCUT2D eigenvalue weighted by molar-refractivity contribution is 0.190. The van der Waals surface area contributed by atoms with Crippen LogP contribution in [-0.2, 0) is 11.8 Å². The quantitative estimate of drug-likeness (QED) is 0.747. The Morgan fingerprint density at radius 2 is 2.25 bits per heavy atom. The molecule has 2 heteroatoms. The molecule has 2 bridgehead atoms. The molecule has 1 spiro atoms. The molecule has 1 unspecified atom stereocenters. The van der Waals surface area contributed by atoms with E-state index in [1.165, 1.54) is 44.8 Å². The second-order valence-electron chi connectivity index (χ2n) is 7.27. The number of hydrogen-bond donors (Lipinski definition) is 0. The first-order chi connectivity index (χ1) is 9.78. The average Bonchev–Trinajstić information content (AvgIpc) is 2.76. The van der Waals surface area contributed by atoms with Gasteiger partial charge in [0.15, 0.2) is 0 Å². The van der Waals surface area contributed by atoms with Gasteiger partial charge in [0.1, 0.15) is 13.6 Å². The number of hydrogen-bond acceptors (Lipinski definition) is 1. The Morgan fingerprint density at radius 3 is 3.05 bits per heavy atom. The third-order valence-corrected chi connectivity index (χ3v) is 6.65. The van der Waals surface area contributed by atoms with Crippen LogP contribution >= 0.6 is 0 Å². The molecule has 1 nitrogen and oxygen atoms in total. The summed E-state index contributed by atoms with van der Waals surface area (Å²) < 4.78 is 5.52. The lowest BCUT2D eigenvalue weighted by Crippen LogP contribution is -2.37. The summed E-state index contributed by atoms with van der Waals surface area (Å²) in [5.74, 6) is 3.91. The second-order valence-corrected chi connectivity index (χ2v) is 7.27. The number of rotatable bonds is 2. The molecule has 2 fully saturated rings. The third-order valence-electron chi connectivity index (χ3n) is 6.65. The Kier molecular flexibility index (Phi) is 2.91. The van der Waals surface area contributed by atoms with Crippen molar-refractivity contribution in [3.63, 3.8) is 0 Å². The van der Waals surface area contributed by atoms with E-state index in [9.17, 15) is 0 Å². The van der Waals surface area contributed by atoms with Gasteiger partial charge in [0.25, 0.3) is 0 Å². The molecule has 0 N–H and O–H groups in total. The van der Waals surface area contributed by atoms with Crippen LogP contribution in [0.25, 0.3) is 0 Å². The van der Waals surface area contributed by atoms with Crippen molar-refractivity contribution in [1.82, 2.24) is 0 Å². The molecule has 0 amide bonds. The third kappa shape index (κ3) is 1.57. The highest BCUT2D eigenvalue weighted by Crippen LogP contribution is 2.63. The fraction of sp³-hybridized carbons (Fsp3) is 0.667. The van der Waals surface area contributed by atoms with Crippen LogP contribution in [-0.4, -0.2) is 15.0 Å². The van der Waals surface area contributed by atoms with Crippen molar-refractivity contribution in [3.8, 4) is 5.75 Å². The molecular weight excluding hydrogens is 243 g/mol. The Morgan fingerprint density at radius 1 is 1.35 bits per heavy atom. The zero-order chi connectivity index (χ0) is 13.7. The molecule has 4 atom stereocenters. The standard InChI is InChI=1S/C18H25BO/c1-20-14-6-5-12-8-13-10-18(17(12)9-14)7-3-2-4-16(18)15(13)11-19/h5-6,9,13,15-16H,2-4,7-8,10-11,19H2,1H3/t13?,15-,16+,18-/m0/s1. The number of fused-ring (bicyclic) bond motifs is 2. The van der Waals surface area contributed by atoms with Crippen molar-refractivity contribution in [3.05, 3.63) is 29.3 Å². The molecule has 1 aromatic carbocycles. The monoisotopic (exact) mass is 268 g/mol. The van der Waals surface area contributed by atoms with Crippen LogP contribution in [0.5, 0.6) is 5.75 Å². The Hall–Kier alpha value is -0.915. The van der Waals surface area contributed by atoms with Crippen molar-refractivity contribution < 1.29 is 4.74 Å². The summed E-state index contributed by atoms with van der Waals surface area (Å²) >= 11 is 0. The number of benzene rings is 1. The van der Waals surface area contributed by atoms with E-state index in [4.69, 9.17) is 4.74 Å². The minimum Gasteiger partial charge on any atom is -0.497 e. The van der Waals surface area contributed by atoms with E-state index in [0.717, 1.165) is 23.5 Å². The minimum atomic E-state index is 0.506. The fourth-order valence-corrected chi connectivity index (χ4v) is 5.98. The SMILES string of the molecule is BC[C@H]1C2Cc3ccc(OC)cc3[C@@]3(CCCC[C@H]13)C2.